The second kappa shape index (κ2) is 9.93. The summed E-state index contributed by atoms with van der Waals surface area (Å²) in [6.07, 6.45) is 2.44. The fourth-order valence-electron chi connectivity index (χ4n) is 2.92. The lowest BCUT2D eigenvalue weighted by Gasteiger charge is -2.16. The standard InChI is InChI=1S/C21H24ClNO3S/c1-2-24-20-12-15(21(27)23-13-17-7-5-11-25-17)9-10-19(20)26-14-16-6-3-4-8-18(16)22/h3-4,6,8-10,12,17H,2,5,7,11,13-14H2,1H3,(H,23,27)/t17-/m1/s1. The highest BCUT2D eigenvalue weighted by molar-refractivity contribution is 7.80. The number of hydrogen-bond donors (Lipinski definition) is 1. The number of halogens is 1. The Morgan fingerprint density at radius 2 is 2.07 bits per heavy atom. The first-order chi connectivity index (χ1) is 13.2. The SMILES string of the molecule is CCOc1cc(C(=S)NC[C@H]2CCCO2)ccc1OCc1ccccc1Cl. The summed E-state index contributed by atoms with van der Waals surface area (Å²) in [7, 11) is 0. The molecule has 0 bridgehead atoms. The molecule has 0 spiro atoms. The molecule has 2 aromatic rings. The van der Waals surface area contributed by atoms with Crippen LogP contribution in [-0.2, 0) is 11.3 Å². The summed E-state index contributed by atoms with van der Waals surface area (Å²) in [5.41, 5.74) is 1.83. The highest BCUT2D eigenvalue weighted by Crippen LogP contribution is 2.30. The van der Waals surface area contributed by atoms with Gasteiger partial charge in [-0.2, -0.15) is 0 Å². The topological polar surface area (TPSA) is 39.7 Å². The first kappa shape index (κ1) is 19.9. The van der Waals surface area contributed by atoms with Gasteiger partial charge < -0.3 is 19.5 Å². The second-order valence-electron chi connectivity index (χ2n) is 6.32. The third kappa shape index (κ3) is 5.58. The van der Waals surface area contributed by atoms with E-state index >= 15 is 0 Å². The van der Waals surface area contributed by atoms with Gasteiger partial charge in [-0.3, -0.25) is 0 Å². The zero-order valence-electron chi connectivity index (χ0n) is 15.4. The molecule has 0 unspecified atom stereocenters. The Hall–Kier alpha value is -1.82. The number of benzene rings is 2. The van der Waals surface area contributed by atoms with E-state index in [-0.39, 0.29) is 6.10 Å². The maximum atomic E-state index is 6.20. The van der Waals surface area contributed by atoms with Gasteiger partial charge in [0.15, 0.2) is 11.5 Å². The maximum Gasteiger partial charge on any atom is 0.161 e. The molecule has 0 aromatic heterocycles. The third-order valence-electron chi connectivity index (χ3n) is 4.36. The zero-order valence-corrected chi connectivity index (χ0v) is 16.9. The molecule has 0 amide bonds. The Kier molecular flexibility index (Phi) is 7.33. The summed E-state index contributed by atoms with van der Waals surface area (Å²) in [5.74, 6) is 1.34. The van der Waals surface area contributed by atoms with Crippen molar-refractivity contribution in [3.63, 3.8) is 0 Å². The molecular formula is C21H24ClNO3S. The van der Waals surface area contributed by atoms with Gasteiger partial charge in [-0.25, -0.2) is 0 Å². The molecule has 1 aliphatic rings. The van der Waals surface area contributed by atoms with Crippen LogP contribution in [0.3, 0.4) is 0 Å². The van der Waals surface area contributed by atoms with E-state index in [0.29, 0.717) is 34.7 Å². The Morgan fingerprint density at radius 1 is 1.22 bits per heavy atom. The Balaban J connectivity index is 1.66. The first-order valence-corrected chi connectivity index (χ1v) is 9.99. The summed E-state index contributed by atoms with van der Waals surface area (Å²) in [4.78, 5) is 0.684. The Bertz CT molecular complexity index is 778. The van der Waals surface area contributed by atoms with Crippen molar-refractivity contribution in [2.45, 2.75) is 32.5 Å². The van der Waals surface area contributed by atoms with Gasteiger partial charge in [0, 0.05) is 29.3 Å². The molecule has 2 aromatic carbocycles. The summed E-state index contributed by atoms with van der Waals surface area (Å²) >= 11 is 11.7. The third-order valence-corrected chi connectivity index (χ3v) is 5.11. The predicted octanol–water partition coefficient (Wildman–Crippen LogP) is 4.76. The van der Waals surface area contributed by atoms with Crippen molar-refractivity contribution in [1.82, 2.24) is 5.32 Å². The highest BCUT2D eigenvalue weighted by atomic mass is 35.5. The van der Waals surface area contributed by atoms with Gasteiger partial charge in [0.25, 0.3) is 0 Å². The minimum atomic E-state index is 0.243. The van der Waals surface area contributed by atoms with E-state index in [0.717, 1.165) is 37.1 Å². The van der Waals surface area contributed by atoms with Crippen LogP contribution in [0.5, 0.6) is 11.5 Å². The lowest BCUT2D eigenvalue weighted by Crippen LogP contribution is -2.31. The van der Waals surface area contributed by atoms with Crippen molar-refractivity contribution in [3.05, 3.63) is 58.6 Å². The fraction of sp³-hybridized carbons (Fsp3) is 0.381. The van der Waals surface area contributed by atoms with Crippen LogP contribution in [0.1, 0.15) is 30.9 Å². The highest BCUT2D eigenvalue weighted by Gasteiger charge is 2.16. The van der Waals surface area contributed by atoms with Crippen molar-refractivity contribution >= 4 is 28.8 Å². The molecule has 1 aliphatic heterocycles. The van der Waals surface area contributed by atoms with Crippen molar-refractivity contribution in [2.24, 2.45) is 0 Å². The van der Waals surface area contributed by atoms with Crippen LogP contribution in [-0.4, -0.2) is 30.9 Å². The van der Waals surface area contributed by atoms with Gasteiger partial charge in [-0.1, -0.05) is 42.0 Å². The van der Waals surface area contributed by atoms with Crippen molar-refractivity contribution in [2.75, 3.05) is 19.8 Å². The molecule has 1 N–H and O–H groups in total. The van der Waals surface area contributed by atoms with Crippen LogP contribution in [0.25, 0.3) is 0 Å². The monoisotopic (exact) mass is 405 g/mol. The van der Waals surface area contributed by atoms with E-state index in [1.54, 1.807) is 0 Å². The normalized spacial score (nSPS) is 16.1. The molecule has 0 radical (unpaired) electrons. The fourth-order valence-corrected chi connectivity index (χ4v) is 3.32. The summed E-state index contributed by atoms with van der Waals surface area (Å²) in [6.45, 7) is 4.43. The van der Waals surface area contributed by atoms with E-state index in [2.05, 4.69) is 5.32 Å². The molecule has 4 nitrogen and oxygen atoms in total. The Morgan fingerprint density at radius 3 is 2.81 bits per heavy atom. The summed E-state index contributed by atoms with van der Waals surface area (Å²) in [6, 6.07) is 13.4. The number of thiocarbonyl (C=S) groups is 1. The molecule has 6 heteroatoms. The van der Waals surface area contributed by atoms with Gasteiger partial charge in [-0.05, 0) is 44.0 Å². The van der Waals surface area contributed by atoms with E-state index in [1.165, 1.54) is 0 Å². The summed E-state index contributed by atoms with van der Waals surface area (Å²) < 4.78 is 17.3. The molecule has 144 valence electrons. The van der Waals surface area contributed by atoms with Gasteiger partial charge in [0.2, 0.25) is 0 Å². The summed E-state index contributed by atoms with van der Waals surface area (Å²) in [5, 5.41) is 3.97. The lowest BCUT2D eigenvalue weighted by molar-refractivity contribution is 0.114. The van der Waals surface area contributed by atoms with Gasteiger partial charge in [0.1, 0.15) is 11.6 Å². The second-order valence-corrected chi connectivity index (χ2v) is 7.14. The number of nitrogens with one attached hydrogen (secondary N) is 1. The molecular weight excluding hydrogens is 382 g/mol. The first-order valence-electron chi connectivity index (χ1n) is 9.20. The molecule has 1 fully saturated rings. The molecule has 0 aliphatic carbocycles. The van der Waals surface area contributed by atoms with E-state index in [9.17, 15) is 0 Å². The quantitative estimate of drug-likeness (QED) is 0.641. The van der Waals surface area contributed by atoms with Crippen molar-refractivity contribution in [1.29, 1.82) is 0 Å². The minimum absolute atomic E-state index is 0.243. The predicted molar refractivity (Wildman–Crippen MR) is 112 cm³/mol. The number of hydrogen-bond acceptors (Lipinski definition) is 4. The van der Waals surface area contributed by atoms with Crippen molar-refractivity contribution in [3.8, 4) is 11.5 Å². The Labute approximate surface area is 170 Å². The lowest BCUT2D eigenvalue weighted by atomic mass is 10.2. The molecule has 1 heterocycles. The van der Waals surface area contributed by atoms with Crippen LogP contribution in [0.2, 0.25) is 5.02 Å². The maximum absolute atomic E-state index is 6.20. The van der Waals surface area contributed by atoms with Crippen LogP contribution < -0.4 is 14.8 Å². The van der Waals surface area contributed by atoms with Crippen molar-refractivity contribution < 1.29 is 14.2 Å². The van der Waals surface area contributed by atoms with Gasteiger partial charge in [-0.15, -0.1) is 0 Å². The van der Waals surface area contributed by atoms with E-state index < -0.39 is 0 Å². The van der Waals surface area contributed by atoms with E-state index in [1.807, 2.05) is 49.4 Å². The smallest absolute Gasteiger partial charge is 0.161 e. The average molecular weight is 406 g/mol. The molecule has 3 rings (SSSR count). The molecule has 0 saturated carbocycles. The largest absolute Gasteiger partial charge is 0.490 e. The molecule has 1 atom stereocenters. The number of ether oxygens (including phenoxy) is 3. The minimum Gasteiger partial charge on any atom is -0.490 e. The molecule has 1 saturated heterocycles. The molecule has 27 heavy (non-hydrogen) atoms. The number of rotatable bonds is 8. The van der Waals surface area contributed by atoms with Crippen LogP contribution in [0.4, 0.5) is 0 Å². The van der Waals surface area contributed by atoms with Gasteiger partial charge >= 0.3 is 0 Å². The average Bonchev–Trinajstić information content (AvgIpc) is 3.20. The van der Waals surface area contributed by atoms with Gasteiger partial charge in [0.05, 0.1) is 12.7 Å². The van der Waals surface area contributed by atoms with E-state index in [4.69, 9.17) is 38.0 Å². The zero-order chi connectivity index (χ0) is 19.1. The van der Waals surface area contributed by atoms with Crippen LogP contribution in [0, 0.1) is 0 Å². The van der Waals surface area contributed by atoms with Crippen LogP contribution >= 0.6 is 23.8 Å². The van der Waals surface area contributed by atoms with Crippen LogP contribution in [0.15, 0.2) is 42.5 Å².